The molecule has 0 bridgehead atoms. The van der Waals surface area contributed by atoms with Crippen LogP contribution in [0.15, 0.2) is 122 Å². The lowest BCUT2D eigenvalue weighted by atomic mass is 10.1. The third kappa shape index (κ3) is 8.09. The Hall–Kier alpha value is -7.04. The number of carbonyl (C=O) groups excluding carboxylic acids is 4. The number of H-pyrrole nitrogens is 2. The highest BCUT2D eigenvalue weighted by Crippen LogP contribution is 2.42. The fourth-order valence-electron chi connectivity index (χ4n) is 8.04. The van der Waals surface area contributed by atoms with Crippen molar-refractivity contribution >= 4 is 56.1 Å². The molecule has 0 aliphatic carbocycles. The Morgan fingerprint density at radius 3 is 1.89 bits per heavy atom. The van der Waals surface area contributed by atoms with Crippen LogP contribution in [0.25, 0.3) is 41.7 Å². The molecule has 2 aliphatic heterocycles. The normalized spacial score (nSPS) is 16.9. The fraction of sp³-hybridized carbons (Fsp3) is 0.217. The molecule has 62 heavy (non-hydrogen) atoms. The first-order chi connectivity index (χ1) is 30.3. The molecule has 0 saturated carbocycles. The molecular formula is C46H42N8O6S2. The summed E-state index contributed by atoms with van der Waals surface area (Å²) >= 11 is 3.41. The number of thiophene rings is 2. The molecule has 4 amide bonds. The summed E-state index contributed by atoms with van der Waals surface area (Å²) in [6.07, 6.45) is 7.68. The molecule has 1 fully saturated rings. The van der Waals surface area contributed by atoms with E-state index in [-0.39, 0.29) is 17.9 Å². The average Bonchev–Trinajstić information content (AvgIpc) is 4.17. The number of fused-ring (bicyclic) bond motifs is 1. The molecule has 2 aliphatic rings. The van der Waals surface area contributed by atoms with Crippen LogP contribution >= 0.6 is 22.7 Å². The topological polar surface area (TPSA) is 175 Å². The molecular weight excluding hydrogens is 825 g/mol. The molecule has 6 heterocycles. The zero-order chi connectivity index (χ0) is 42.7. The highest BCUT2D eigenvalue weighted by molar-refractivity contribution is 7.31. The molecule has 16 heteroatoms. The van der Waals surface area contributed by atoms with Crippen LogP contribution in [0.1, 0.15) is 59.8 Å². The predicted octanol–water partition coefficient (Wildman–Crippen LogP) is 8.71. The van der Waals surface area contributed by atoms with Gasteiger partial charge in [0, 0.05) is 27.4 Å². The number of methoxy groups -OCH3 is 2. The van der Waals surface area contributed by atoms with E-state index in [0.29, 0.717) is 35.9 Å². The fourth-order valence-corrected chi connectivity index (χ4v) is 10.4. The lowest BCUT2D eigenvalue weighted by Crippen LogP contribution is -2.43. The van der Waals surface area contributed by atoms with E-state index in [1.807, 2.05) is 66.9 Å². The summed E-state index contributed by atoms with van der Waals surface area (Å²) in [5.74, 6) is 0.853. The Morgan fingerprint density at radius 1 is 0.694 bits per heavy atom. The van der Waals surface area contributed by atoms with Crippen molar-refractivity contribution in [2.24, 2.45) is 0 Å². The first-order valence-electron chi connectivity index (χ1n) is 20.1. The summed E-state index contributed by atoms with van der Waals surface area (Å²) in [7, 11) is 2.55. The van der Waals surface area contributed by atoms with E-state index in [1.54, 1.807) is 50.8 Å². The van der Waals surface area contributed by atoms with Gasteiger partial charge in [0.05, 0.1) is 48.9 Å². The van der Waals surface area contributed by atoms with Gasteiger partial charge in [-0.2, -0.15) is 0 Å². The molecule has 4 aromatic heterocycles. The van der Waals surface area contributed by atoms with Gasteiger partial charge in [0.15, 0.2) is 0 Å². The Kier molecular flexibility index (Phi) is 11.4. The van der Waals surface area contributed by atoms with E-state index in [2.05, 4.69) is 62.0 Å². The van der Waals surface area contributed by atoms with Crippen LogP contribution in [-0.2, 0) is 19.1 Å². The largest absolute Gasteiger partial charge is 0.453 e. The van der Waals surface area contributed by atoms with E-state index in [0.717, 1.165) is 54.5 Å². The number of benzene rings is 3. The Bertz CT molecular complexity index is 2730. The zero-order valence-corrected chi connectivity index (χ0v) is 35.4. The van der Waals surface area contributed by atoms with Crippen molar-refractivity contribution < 1.29 is 28.7 Å². The highest BCUT2D eigenvalue weighted by Gasteiger charge is 2.38. The summed E-state index contributed by atoms with van der Waals surface area (Å²) in [5, 5.41) is 5.41. The number of nitrogens with one attached hydrogen (secondary N) is 4. The maximum atomic E-state index is 13.9. The summed E-state index contributed by atoms with van der Waals surface area (Å²) in [4.78, 5) is 74.3. The second-order valence-electron chi connectivity index (χ2n) is 14.9. The highest BCUT2D eigenvalue weighted by atomic mass is 32.1. The number of imidazole rings is 2. The molecule has 4 atom stereocenters. The molecule has 4 N–H and O–H groups in total. The lowest BCUT2D eigenvalue weighted by Gasteiger charge is -2.28. The number of ether oxygens (including phenoxy) is 2. The third-order valence-corrected chi connectivity index (χ3v) is 13.5. The summed E-state index contributed by atoms with van der Waals surface area (Å²) < 4.78 is 12.0. The monoisotopic (exact) mass is 866 g/mol. The molecule has 1 saturated heterocycles. The SMILES string of the molecule is COC(=O)NC(C(=O)N1CCCC1c1ncc(-c2cc3sc(-c4ccc(-c5cnc([C@@H]6C=CCN6C(=O)C(NC(=O)OC)c6ccccc6)[nH]5)cc4)cc3s2)[nH]1)c1ccccc1. The first-order valence-corrected chi connectivity index (χ1v) is 21.7. The second-order valence-corrected chi connectivity index (χ2v) is 17.1. The maximum absolute atomic E-state index is 13.9. The molecule has 3 unspecified atom stereocenters. The number of alkyl carbamates (subject to hydrolysis) is 2. The van der Waals surface area contributed by atoms with E-state index < -0.39 is 30.3 Å². The van der Waals surface area contributed by atoms with Gasteiger partial charge in [-0.1, -0.05) is 97.1 Å². The maximum Gasteiger partial charge on any atom is 0.407 e. The van der Waals surface area contributed by atoms with Crippen molar-refractivity contribution in [2.75, 3.05) is 27.3 Å². The minimum Gasteiger partial charge on any atom is -0.453 e. The predicted molar refractivity (Wildman–Crippen MR) is 237 cm³/mol. The van der Waals surface area contributed by atoms with Crippen LogP contribution in [0.2, 0.25) is 0 Å². The van der Waals surface area contributed by atoms with Crippen molar-refractivity contribution in [2.45, 2.75) is 37.0 Å². The van der Waals surface area contributed by atoms with Crippen LogP contribution in [0.3, 0.4) is 0 Å². The van der Waals surface area contributed by atoms with E-state index in [1.165, 1.54) is 14.2 Å². The number of amides is 4. The number of rotatable bonds is 11. The number of hydrogen-bond donors (Lipinski definition) is 4. The molecule has 9 rings (SSSR count). The Morgan fingerprint density at radius 2 is 1.24 bits per heavy atom. The van der Waals surface area contributed by atoms with Crippen molar-refractivity contribution in [3.8, 4) is 32.3 Å². The minimum absolute atomic E-state index is 0.208. The van der Waals surface area contributed by atoms with Gasteiger partial charge < -0.3 is 39.9 Å². The quantitative estimate of drug-likeness (QED) is 0.0935. The third-order valence-electron chi connectivity index (χ3n) is 11.2. The lowest BCUT2D eigenvalue weighted by molar-refractivity contribution is -0.135. The van der Waals surface area contributed by atoms with E-state index in [4.69, 9.17) is 14.5 Å². The number of likely N-dealkylation sites (tertiary alicyclic amines) is 1. The van der Waals surface area contributed by atoms with Gasteiger partial charge in [-0.3, -0.25) is 9.59 Å². The molecule has 314 valence electrons. The summed E-state index contributed by atoms with van der Waals surface area (Å²) in [5.41, 5.74) is 5.09. The summed E-state index contributed by atoms with van der Waals surface area (Å²) in [6, 6.07) is 28.5. The van der Waals surface area contributed by atoms with Gasteiger partial charge in [-0.05, 0) is 47.2 Å². The van der Waals surface area contributed by atoms with Crippen molar-refractivity contribution in [1.29, 1.82) is 0 Å². The number of aromatic amines is 2. The van der Waals surface area contributed by atoms with Crippen LogP contribution < -0.4 is 10.6 Å². The second kappa shape index (κ2) is 17.5. The van der Waals surface area contributed by atoms with E-state index >= 15 is 0 Å². The number of nitrogens with zero attached hydrogens (tertiary/aromatic N) is 4. The number of carbonyl (C=O) groups is 4. The van der Waals surface area contributed by atoms with Crippen molar-refractivity contribution in [3.63, 3.8) is 0 Å². The van der Waals surface area contributed by atoms with Crippen LogP contribution in [0.4, 0.5) is 9.59 Å². The molecule has 3 aromatic carbocycles. The molecule has 14 nitrogen and oxygen atoms in total. The zero-order valence-electron chi connectivity index (χ0n) is 33.7. The first kappa shape index (κ1) is 40.4. The molecule has 0 spiro atoms. The Labute approximate surface area is 364 Å². The van der Waals surface area contributed by atoms with Gasteiger partial charge in [0.2, 0.25) is 0 Å². The van der Waals surface area contributed by atoms with Crippen molar-refractivity contribution in [1.82, 2.24) is 40.4 Å². The van der Waals surface area contributed by atoms with E-state index in [9.17, 15) is 19.2 Å². The smallest absolute Gasteiger partial charge is 0.407 e. The number of aromatic nitrogens is 4. The molecule has 0 radical (unpaired) electrons. The van der Waals surface area contributed by atoms with Crippen LogP contribution in [0, 0.1) is 0 Å². The van der Waals surface area contributed by atoms with Crippen molar-refractivity contribution in [3.05, 3.63) is 144 Å². The van der Waals surface area contributed by atoms with Gasteiger partial charge >= 0.3 is 12.2 Å². The van der Waals surface area contributed by atoms with Gasteiger partial charge in [-0.25, -0.2) is 19.6 Å². The van der Waals surface area contributed by atoms with Crippen LogP contribution in [0.5, 0.6) is 0 Å². The van der Waals surface area contributed by atoms with Crippen LogP contribution in [-0.4, -0.2) is 81.0 Å². The average molecular weight is 867 g/mol. The standard InChI is InChI=1S/C46H42N8O6S2/c1-59-45(57)51-39(29-11-5-3-6-12-29)43(55)53-21-9-15-33(53)41-47-25-31(49-41)27-17-19-28(20-18-27)35-23-37-38(61-35)24-36(62-37)32-26-48-42(50-32)34-16-10-22-54(34)44(56)40(52-46(58)60-2)30-13-7-4-8-14-30/h3-9,11-15,17-20,23-26,33-34,39-40H,10,16,21-22H2,1-2H3,(H,47,49)(H,48,50)(H,51,57)(H,52,58)/t33-,34?,39?,40?/m0/s1. The number of hydrogen-bond acceptors (Lipinski definition) is 10. The molecule has 7 aromatic rings. The van der Waals surface area contributed by atoms with Gasteiger partial charge in [0.25, 0.3) is 11.8 Å². The van der Waals surface area contributed by atoms with Gasteiger partial charge in [-0.15, -0.1) is 22.7 Å². The Balaban J connectivity index is 0.870. The summed E-state index contributed by atoms with van der Waals surface area (Å²) in [6.45, 7) is 0.931. The minimum atomic E-state index is -0.920. The van der Waals surface area contributed by atoms with Gasteiger partial charge in [0.1, 0.15) is 29.8 Å².